The van der Waals surface area contributed by atoms with Crippen molar-refractivity contribution in [3.8, 4) is 0 Å². The van der Waals surface area contributed by atoms with Gasteiger partial charge < -0.3 is 16.0 Å². The second-order valence-corrected chi connectivity index (χ2v) is 5.74. The largest absolute Gasteiger partial charge is 0.399 e. The van der Waals surface area contributed by atoms with Gasteiger partial charge in [0.15, 0.2) is 0 Å². The summed E-state index contributed by atoms with van der Waals surface area (Å²) in [5, 5.41) is 3.11. The number of nitrogen functional groups attached to an aromatic ring is 1. The molecule has 0 fully saturated rings. The molecule has 0 spiro atoms. The molecule has 4 heteroatoms. The van der Waals surface area contributed by atoms with E-state index >= 15 is 0 Å². The maximum absolute atomic E-state index is 12.4. The van der Waals surface area contributed by atoms with Crippen molar-refractivity contribution >= 4 is 11.6 Å². The second-order valence-electron chi connectivity index (χ2n) is 5.74. The van der Waals surface area contributed by atoms with E-state index in [1.54, 1.807) is 24.3 Å². The lowest BCUT2D eigenvalue weighted by Crippen LogP contribution is -2.43. The summed E-state index contributed by atoms with van der Waals surface area (Å²) in [5.41, 5.74) is 8.16. The van der Waals surface area contributed by atoms with Crippen molar-refractivity contribution in [3.05, 3.63) is 65.7 Å². The minimum absolute atomic E-state index is 0.0578. The van der Waals surface area contributed by atoms with Gasteiger partial charge in [-0.25, -0.2) is 0 Å². The number of hydrogen-bond donors (Lipinski definition) is 2. The predicted molar refractivity (Wildman–Crippen MR) is 90.8 cm³/mol. The van der Waals surface area contributed by atoms with Crippen molar-refractivity contribution in [2.24, 2.45) is 0 Å². The van der Waals surface area contributed by atoms with Crippen LogP contribution >= 0.6 is 0 Å². The molecule has 0 heterocycles. The zero-order valence-corrected chi connectivity index (χ0v) is 13.1. The van der Waals surface area contributed by atoms with Crippen LogP contribution in [0.25, 0.3) is 0 Å². The topological polar surface area (TPSA) is 58.4 Å². The SMILES string of the molecule is CN(C)C[C@H](Cc1ccccc1)NC(=O)c1ccc(N)cc1. The molecule has 3 N–H and O–H groups in total. The molecular formula is C18H23N3O. The van der Waals surface area contributed by atoms with Gasteiger partial charge in [0.25, 0.3) is 5.91 Å². The number of likely N-dealkylation sites (N-methyl/N-ethyl adjacent to an activating group) is 1. The van der Waals surface area contributed by atoms with Crippen molar-refractivity contribution < 1.29 is 4.79 Å². The van der Waals surface area contributed by atoms with Crippen molar-refractivity contribution in [1.29, 1.82) is 0 Å². The molecule has 1 amide bonds. The van der Waals surface area contributed by atoms with Gasteiger partial charge in [-0.1, -0.05) is 30.3 Å². The number of nitrogens with two attached hydrogens (primary N) is 1. The highest BCUT2D eigenvalue weighted by Gasteiger charge is 2.15. The number of rotatable bonds is 6. The molecule has 0 aliphatic rings. The van der Waals surface area contributed by atoms with Gasteiger partial charge in [-0.05, 0) is 50.3 Å². The zero-order chi connectivity index (χ0) is 15.9. The van der Waals surface area contributed by atoms with Crippen LogP contribution in [0.4, 0.5) is 5.69 Å². The molecule has 4 nitrogen and oxygen atoms in total. The number of nitrogens with zero attached hydrogens (tertiary/aromatic N) is 1. The number of benzene rings is 2. The highest BCUT2D eigenvalue weighted by Crippen LogP contribution is 2.08. The maximum atomic E-state index is 12.4. The Labute approximate surface area is 131 Å². The predicted octanol–water partition coefficient (Wildman–Crippen LogP) is 2.17. The second kappa shape index (κ2) is 7.61. The molecule has 2 aromatic carbocycles. The Hall–Kier alpha value is -2.33. The minimum atomic E-state index is -0.0669. The Balaban J connectivity index is 2.05. The highest BCUT2D eigenvalue weighted by atomic mass is 16.1. The van der Waals surface area contributed by atoms with Gasteiger partial charge in [0.1, 0.15) is 0 Å². The van der Waals surface area contributed by atoms with Gasteiger partial charge >= 0.3 is 0 Å². The Bertz CT molecular complexity index is 593. The fourth-order valence-corrected chi connectivity index (χ4v) is 2.40. The van der Waals surface area contributed by atoms with Crippen LogP contribution in [0.1, 0.15) is 15.9 Å². The molecule has 2 aromatic rings. The smallest absolute Gasteiger partial charge is 0.251 e. The van der Waals surface area contributed by atoms with E-state index in [2.05, 4.69) is 22.3 Å². The standard InChI is InChI=1S/C18H23N3O/c1-21(2)13-17(12-14-6-4-3-5-7-14)20-18(22)15-8-10-16(19)11-9-15/h3-11,17H,12-13,19H2,1-2H3,(H,20,22)/t17-/m0/s1. The number of carbonyl (C=O) groups is 1. The van der Waals surface area contributed by atoms with Gasteiger partial charge in [0, 0.05) is 23.8 Å². The van der Waals surface area contributed by atoms with Crippen LogP contribution in [-0.4, -0.2) is 37.5 Å². The summed E-state index contributed by atoms with van der Waals surface area (Å²) in [5.74, 6) is -0.0669. The lowest BCUT2D eigenvalue weighted by molar-refractivity contribution is 0.0930. The number of nitrogens with one attached hydrogen (secondary N) is 1. The van der Waals surface area contributed by atoms with Crippen molar-refractivity contribution in [2.75, 3.05) is 26.4 Å². The number of carbonyl (C=O) groups excluding carboxylic acids is 1. The van der Waals surface area contributed by atoms with Crippen LogP contribution in [0.3, 0.4) is 0 Å². The van der Waals surface area contributed by atoms with Crippen LogP contribution in [-0.2, 0) is 6.42 Å². The third-order valence-corrected chi connectivity index (χ3v) is 3.42. The monoisotopic (exact) mass is 297 g/mol. The molecule has 1 atom stereocenters. The lowest BCUT2D eigenvalue weighted by atomic mass is 10.0. The average Bonchev–Trinajstić information content (AvgIpc) is 2.48. The molecule has 0 aliphatic heterocycles. The summed E-state index contributed by atoms with van der Waals surface area (Å²) in [4.78, 5) is 14.4. The van der Waals surface area contributed by atoms with E-state index in [0.717, 1.165) is 13.0 Å². The maximum Gasteiger partial charge on any atom is 0.251 e. The Morgan fingerprint density at radius 3 is 2.32 bits per heavy atom. The van der Waals surface area contributed by atoms with Gasteiger partial charge in [-0.3, -0.25) is 4.79 Å². The molecule has 0 aliphatic carbocycles. The third-order valence-electron chi connectivity index (χ3n) is 3.42. The van der Waals surface area contributed by atoms with Crippen LogP contribution < -0.4 is 11.1 Å². The summed E-state index contributed by atoms with van der Waals surface area (Å²) >= 11 is 0. The molecule has 0 aromatic heterocycles. The average molecular weight is 297 g/mol. The van der Waals surface area contributed by atoms with Gasteiger partial charge in [-0.15, -0.1) is 0 Å². The molecule has 0 saturated carbocycles. The molecule has 0 bridgehead atoms. The third kappa shape index (κ3) is 4.90. The lowest BCUT2D eigenvalue weighted by Gasteiger charge is -2.22. The quantitative estimate of drug-likeness (QED) is 0.803. The fourth-order valence-electron chi connectivity index (χ4n) is 2.40. The summed E-state index contributed by atoms with van der Waals surface area (Å²) in [6.07, 6.45) is 0.805. The van der Waals surface area contributed by atoms with Crippen LogP contribution in [0.15, 0.2) is 54.6 Å². The molecule has 0 unspecified atom stereocenters. The van der Waals surface area contributed by atoms with E-state index in [1.807, 2.05) is 32.3 Å². The van der Waals surface area contributed by atoms with E-state index in [9.17, 15) is 4.79 Å². The molecule has 2 rings (SSSR count). The van der Waals surface area contributed by atoms with Gasteiger partial charge in [-0.2, -0.15) is 0 Å². The first-order chi connectivity index (χ1) is 10.5. The Morgan fingerprint density at radius 1 is 1.09 bits per heavy atom. The number of anilines is 1. The molecule has 0 saturated heterocycles. The van der Waals surface area contributed by atoms with Crippen molar-refractivity contribution in [3.63, 3.8) is 0 Å². The molecular weight excluding hydrogens is 274 g/mol. The normalized spacial score (nSPS) is 12.1. The molecule has 22 heavy (non-hydrogen) atoms. The zero-order valence-electron chi connectivity index (χ0n) is 13.1. The van der Waals surface area contributed by atoms with E-state index in [-0.39, 0.29) is 11.9 Å². The number of amides is 1. The Morgan fingerprint density at radius 2 is 1.73 bits per heavy atom. The Kier molecular flexibility index (Phi) is 5.55. The summed E-state index contributed by atoms with van der Waals surface area (Å²) in [6, 6.07) is 17.2. The van der Waals surface area contributed by atoms with E-state index in [4.69, 9.17) is 5.73 Å². The van der Waals surface area contributed by atoms with Crippen molar-refractivity contribution in [1.82, 2.24) is 10.2 Å². The summed E-state index contributed by atoms with van der Waals surface area (Å²) in [6.45, 7) is 0.787. The van der Waals surface area contributed by atoms with Crippen molar-refractivity contribution in [2.45, 2.75) is 12.5 Å². The first-order valence-corrected chi connectivity index (χ1v) is 7.39. The van der Waals surface area contributed by atoms with E-state index in [1.165, 1.54) is 5.56 Å². The van der Waals surface area contributed by atoms with Crippen LogP contribution in [0, 0.1) is 0 Å². The van der Waals surface area contributed by atoms with Gasteiger partial charge in [0.05, 0.1) is 0 Å². The minimum Gasteiger partial charge on any atom is -0.399 e. The fraction of sp³-hybridized carbons (Fsp3) is 0.278. The van der Waals surface area contributed by atoms with E-state index in [0.29, 0.717) is 11.3 Å². The van der Waals surface area contributed by atoms with Crippen LogP contribution in [0.2, 0.25) is 0 Å². The summed E-state index contributed by atoms with van der Waals surface area (Å²) < 4.78 is 0. The molecule has 0 radical (unpaired) electrons. The first-order valence-electron chi connectivity index (χ1n) is 7.39. The van der Waals surface area contributed by atoms with Crippen LogP contribution in [0.5, 0.6) is 0 Å². The van der Waals surface area contributed by atoms with E-state index < -0.39 is 0 Å². The highest BCUT2D eigenvalue weighted by molar-refractivity contribution is 5.94. The molecule has 116 valence electrons. The van der Waals surface area contributed by atoms with Gasteiger partial charge in [0.2, 0.25) is 0 Å². The summed E-state index contributed by atoms with van der Waals surface area (Å²) in [7, 11) is 4.01. The number of hydrogen-bond acceptors (Lipinski definition) is 3. The first kappa shape index (κ1) is 16.0.